The number of benzene rings is 2. The number of hydrogen-bond acceptors (Lipinski definition) is 21. The first-order valence-electron chi connectivity index (χ1n) is 26.4. The molecule has 80 heavy (non-hydrogen) atoms. The van der Waals surface area contributed by atoms with E-state index >= 15 is 4.79 Å². The summed E-state index contributed by atoms with van der Waals surface area (Å²) in [6.45, 7) is 25.9. The van der Waals surface area contributed by atoms with Crippen LogP contribution in [0.4, 0.5) is 10.5 Å². The molecule has 0 bridgehead atoms. The van der Waals surface area contributed by atoms with Crippen LogP contribution in [0.5, 0.6) is 5.75 Å². The molecule has 2 aliphatic heterocycles. The highest BCUT2D eigenvalue weighted by Crippen LogP contribution is 2.44. The first kappa shape index (κ1) is 64.3. The lowest BCUT2D eigenvalue weighted by Gasteiger charge is -2.45. The Labute approximate surface area is 471 Å². The third-order valence-corrected chi connectivity index (χ3v) is 20.2. The van der Waals surface area contributed by atoms with Crippen molar-refractivity contribution in [3.8, 4) is 5.75 Å². The highest BCUT2D eigenvalue weighted by molar-refractivity contribution is 7.18. The summed E-state index contributed by atoms with van der Waals surface area (Å²) in [6.07, 6.45) is -7.55. The Balaban J connectivity index is 1.57. The van der Waals surface area contributed by atoms with Gasteiger partial charge >= 0.3 is 36.0 Å². The van der Waals surface area contributed by atoms with Crippen LogP contribution in [0, 0.1) is 34.3 Å². The number of rotatable bonds is 15. The van der Waals surface area contributed by atoms with Crippen LogP contribution in [0.25, 0.3) is 10.2 Å². The van der Waals surface area contributed by atoms with Crippen molar-refractivity contribution in [2.75, 3.05) is 7.11 Å². The molecule has 1 unspecified atom stereocenters. The summed E-state index contributed by atoms with van der Waals surface area (Å²) < 4.78 is 59.3. The van der Waals surface area contributed by atoms with Crippen LogP contribution in [0.15, 0.2) is 60.7 Å². The van der Waals surface area contributed by atoms with Gasteiger partial charge in [-0.1, -0.05) is 51.5 Å². The monoisotopic (exact) mass is 1150 g/mol. The van der Waals surface area contributed by atoms with Gasteiger partial charge < -0.3 is 47.1 Å². The van der Waals surface area contributed by atoms with E-state index in [0.29, 0.717) is 18.4 Å². The third-order valence-electron chi connectivity index (χ3n) is 14.7. The van der Waals surface area contributed by atoms with E-state index in [-0.39, 0.29) is 34.5 Å². The number of esters is 5. The molecule has 1 fully saturated rings. The number of fused-ring (bicyclic) bond motifs is 1. The zero-order valence-corrected chi connectivity index (χ0v) is 49.9. The summed E-state index contributed by atoms with van der Waals surface area (Å²) in [4.78, 5) is 111. The van der Waals surface area contributed by atoms with Crippen LogP contribution in [0.2, 0.25) is 18.1 Å². The minimum absolute atomic E-state index is 0.131. The first-order chi connectivity index (χ1) is 37.4. The van der Waals surface area contributed by atoms with Crippen molar-refractivity contribution in [2.45, 2.75) is 188 Å². The molecule has 3 heterocycles. The summed E-state index contributed by atoms with van der Waals surface area (Å²) in [7, 11) is -1.56. The lowest BCUT2D eigenvalue weighted by molar-refractivity contribution is -0.385. The van der Waals surface area contributed by atoms with Gasteiger partial charge in [0.15, 0.2) is 26.6 Å². The van der Waals surface area contributed by atoms with Crippen molar-refractivity contribution in [1.29, 1.82) is 0 Å². The third kappa shape index (κ3) is 16.5. The van der Waals surface area contributed by atoms with Crippen molar-refractivity contribution in [3.05, 3.63) is 87.0 Å². The molecule has 0 aliphatic carbocycles. The average Bonchev–Trinajstić information content (AvgIpc) is 3.91. The molecule has 1 saturated heterocycles. The zero-order valence-electron chi connectivity index (χ0n) is 48.1. The predicted octanol–water partition coefficient (Wildman–Crippen LogP) is 10.6. The highest BCUT2D eigenvalue weighted by atomic mass is 32.1. The van der Waals surface area contributed by atoms with Crippen molar-refractivity contribution < 1.29 is 85.5 Å². The number of ether oxygens (including phenoxy) is 9. The van der Waals surface area contributed by atoms with Crippen molar-refractivity contribution in [1.82, 2.24) is 4.98 Å². The number of nitro benzene ring substituents is 1. The van der Waals surface area contributed by atoms with E-state index in [0.717, 1.165) is 79.7 Å². The number of aromatic nitrogens is 1. The summed E-state index contributed by atoms with van der Waals surface area (Å²) in [5.74, 6) is -6.39. The van der Waals surface area contributed by atoms with Gasteiger partial charge in [-0.2, -0.15) is 0 Å². The zero-order chi connectivity index (χ0) is 59.6. The van der Waals surface area contributed by atoms with E-state index in [4.69, 9.17) is 47.1 Å². The Morgan fingerprint density at radius 1 is 0.938 bits per heavy atom. The molecular formula is C57H76N2O19SSi. The number of nitro groups is 1. The van der Waals surface area contributed by atoms with E-state index in [9.17, 15) is 38.9 Å². The Bertz CT molecular complexity index is 2820. The molecule has 10 atom stereocenters. The summed E-state index contributed by atoms with van der Waals surface area (Å²) in [5.41, 5.74) is 0.136. The van der Waals surface area contributed by atoms with Crippen LogP contribution >= 0.6 is 11.3 Å². The molecule has 5 rings (SSSR count). The molecule has 0 amide bonds. The van der Waals surface area contributed by atoms with Gasteiger partial charge in [-0.25, -0.2) is 14.6 Å². The molecule has 0 spiro atoms. The number of ketones is 1. The number of non-ortho nitro benzene ring substituents is 1. The number of Topliss-reactive ketones (excluding diaryl/α,β-unsaturated/α-hetero) is 1. The van der Waals surface area contributed by atoms with Crippen molar-refractivity contribution in [3.63, 3.8) is 0 Å². The lowest BCUT2D eigenvalue weighted by atomic mass is 9.71. The Morgan fingerprint density at radius 2 is 1.59 bits per heavy atom. The minimum Gasteiger partial charge on any atom is -0.467 e. The smallest absolute Gasteiger partial charge is 0.467 e. The van der Waals surface area contributed by atoms with E-state index in [1.165, 1.54) is 11.3 Å². The fourth-order valence-electron chi connectivity index (χ4n) is 9.40. The molecule has 23 heteroatoms. The average molecular weight is 1150 g/mol. The maximum atomic E-state index is 15.5. The molecule has 2 aliphatic rings. The molecular weight excluding hydrogens is 1080 g/mol. The number of carbonyl (C=O) groups is 7. The molecule has 1 aromatic heterocycles. The molecule has 0 N–H and O–H groups in total. The molecule has 21 nitrogen and oxygen atoms in total. The van der Waals surface area contributed by atoms with Crippen LogP contribution in [0.3, 0.4) is 0 Å². The molecule has 438 valence electrons. The van der Waals surface area contributed by atoms with Gasteiger partial charge in [0.1, 0.15) is 30.3 Å². The summed E-state index contributed by atoms with van der Waals surface area (Å²) in [6, 6.07) is 8.80. The summed E-state index contributed by atoms with van der Waals surface area (Å²) >= 11 is 1.53. The largest absolute Gasteiger partial charge is 0.508 e. The maximum absolute atomic E-state index is 15.5. The molecule has 2 aromatic carbocycles. The van der Waals surface area contributed by atoms with Gasteiger partial charge in [0.05, 0.1) is 45.2 Å². The van der Waals surface area contributed by atoms with Gasteiger partial charge in [0.25, 0.3) is 5.69 Å². The number of thiazole rings is 1. The first-order valence-corrected chi connectivity index (χ1v) is 30.2. The Kier molecular flexibility index (Phi) is 21.9. The van der Waals surface area contributed by atoms with Crippen molar-refractivity contribution >= 4 is 77.3 Å². The van der Waals surface area contributed by atoms with Gasteiger partial charge in [-0.05, 0) is 101 Å². The van der Waals surface area contributed by atoms with Crippen LogP contribution in [0.1, 0.15) is 130 Å². The van der Waals surface area contributed by atoms with E-state index in [1.54, 1.807) is 19.9 Å². The van der Waals surface area contributed by atoms with Crippen LogP contribution < -0.4 is 4.74 Å². The quantitative estimate of drug-likeness (QED) is 0.0342. The Hall–Kier alpha value is -6.56. The fourth-order valence-corrected chi connectivity index (χ4v) is 11.6. The summed E-state index contributed by atoms with van der Waals surface area (Å²) in [5, 5.41) is 12.8. The predicted molar refractivity (Wildman–Crippen MR) is 294 cm³/mol. The maximum Gasteiger partial charge on any atom is 0.508 e. The topological polar surface area (TPSA) is 268 Å². The number of methoxy groups -OCH3 is 1. The Morgan fingerprint density at radius 3 is 2.20 bits per heavy atom. The SMILES string of the molecule is C=CC[C@H]1C(=O)C(C)(C)[C@@H](OC(=O)OCc2cc([N+](=O)[O-])ccc2O[C@@H]2O[C@H](C(=O)OC)[C@@H](OC(C)=O)[C@H](OC(C)=O)C2OC(C)=O)CC(=O)O[C@H](c2ccc3sc(C)nc3c2)C/C=C(/C)CCC[C@H](C)[C@@H]1O[Si](C)(C)C(C)(C)C. The van der Waals surface area contributed by atoms with E-state index in [2.05, 4.69) is 52.4 Å². The van der Waals surface area contributed by atoms with Crippen molar-refractivity contribution in [2.24, 2.45) is 17.3 Å². The molecule has 0 radical (unpaired) electrons. The number of aryl methyl sites for hydroxylation is 1. The standard InChI is InChI=1S/C57H76N2O19SSi/c1-16-18-40-47(78-80(14,15)56(8,9)10)32(3)20-17-19-31(2)21-24-42(37-22-26-44-41(28-37)58-33(4)79-44)74-46(63)29-45(57(11,12)52(40)64)76-55(66)70-30-38-27-39(59(67)68)23-25-43(38)75-54-51(73-36(7)62)49(72-35(6)61)48(71-34(5)60)50(77-54)53(65)69-13/h16,21-23,25-28,32,40,42,45,47-51,54H,1,17-20,24,29-30H2,2-15H3/b31-21-/t32-,40+,42-,45-,47-,48-,49-,50-,51?,54+/m0/s1. The lowest BCUT2D eigenvalue weighted by Crippen LogP contribution is -2.64. The number of allylic oxidation sites excluding steroid dienone is 2. The number of cyclic esters (lactones) is 1. The van der Waals surface area contributed by atoms with Crippen LogP contribution in [-0.2, 0) is 77.7 Å². The minimum atomic E-state index is -2.56. The van der Waals surface area contributed by atoms with Gasteiger partial charge in [-0.3, -0.25) is 34.1 Å². The van der Waals surface area contributed by atoms with Gasteiger partial charge in [-0.15, -0.1) is 17.9 Å². The normalized spacial score (nSPS) is 25.9. The van der Waals surface area contributed by atoms with E-state index in [1.807, 2.05) is 38.1 Å². The number of nitrogens with zero attached hydrogens (tertiary/aromatic N) is 2. The number of hydrogen-bond donors (Lipinski definition) is 0. The molecule has 0 saturated carbocycles. The van der Waals surface area contributed by atoms with Gasteiger partial charge in [0.2, 0.25) is 12.4 Å². The van der Waals surface area contributed by atoms with Gasteiger partial charge in [0, 0.05) is 50.8 Å². The number of carbonyl (C=O) groups excluding carboxylic acids is 7. The molecule has 3 aromatic rings. The second kappa shape index (κ2) is 27.3. The second-order valence-electron chi connectivity index (χ2n) is 22.3. The second-order valence-corrected chi connectivity index (χ2v) is 28.3. The fraction of sp³-hybridized carbons (Fsp3) is 0.579. The highest BCUT2D eigenvalue weighted by Gasteiger charge is 2.56. The van der Waals surface area contributed by atoms with E-state index < -0.39 is 128 Å². The van der Waals surface area contributed by atoms with Crippen LogP contribution in [-0.4, -0.2) is 110 Å².